The molecule has 1 aliphatic carbocycles. The molecule has 1 aliphatic heterocycles. The normalized spacial score (nSPS) is 20.6. The van der Waals surface area contributed by atoms with Gasteiger partial charge in [-0.2, -0.15) is 0 Å². The highest BCUT2D eigenvalue weighted by Crippen LogP contribution is 2.55. The summed E-state index contributed by atoms with van der Waals surface area (Å²) in [6, 6.07) is 31.0. The van der Waals surface area contributed by atoms with Crippen molar-refractivity contribution in [3.63, 3.8) is 0 Å². The van der Waals surface area contributed by atoms with Gasteiger partial charge < -0.3 is 4.57 Å². The Morgan fingerprint density at radius 1 is 0.750 bits per heavy atom. The van der Waals surface area contributed by atoms with Crippen LogP contribution in [0, 0.1) is 0 Å². The van der Waals surface area contributed by atoms with Crippen molar-refractivity contribution in [2.24, 2.45) is 0 Å². The third-order valence-electron chi connectivity index (χ3n) is 6.73. The standard InChI is InChI=1S/C27H23N/c1-27-16-17-28-23-15-9-8-14-21(23)25(26(27)28)24(20-12-6-3-7-13-20)22(18-27)19-10-4-2-5-11-19/h2-15H,16-18H2,1H3. The second-order valence-electron chi connectivity index (χ2n) is 8.47. The van der Waals surface area contributed by atoms with E-state index >= 15 is 0 Å². The molecule has 136 valence electrons. The molecule has 0 saturated heterocycles. The molecule has 2 aliphatic rings. The monoisotopic (exact) mass is 361 g/mol. The first-order chi connectivity index (χ1) is 13.8. The number of aryl methyl sites for hydroxylation is 1. The van der Waals surface area contributed by atoms with Gasteiger partial charge in [0.25, 0.3) is 0 Å². The zero-order valence-corrected chi connectivity index (χ0v) is 16.2. The highest BCUT2D eigenvalue weighted by atomic mass is 15.0. The lowest BCUT2D eigenvalue weighted by Gasteiger charge is -2.34. The topological polar surface area (TPSA) is 4.93 Å². The van der Waals surface area contributed by atoms with Crippen molar-refractivity contribution in [1.82, 2.24) is 4.57 Å². The van der Waals surface area contributed by atoms with Crippen LogP contribution in [0.5, 0.6) is 0 Å². The molecule has 1 aromatic heterocycles. The Morgan fingerprint density at radius 2 is 1.39 bits per heavy atom. The molecule has 2 heterocycles. The van der Waals surface area contributed by atoms with Crippen molar-refractivity contribution < 1.29 is 0 Å². The molecule has 28 heavy (non-hydrogen) atoms. The fraction of sp³-hybridized carbons (Fsp3) is 0.185. The summed E-state index contributed by atoms with van der Waals surface area (Å²) in [4.78, 5) is 0. The summed E-state index contributed by atoms with van der Waals surface area (Å²) in [5.41, 5.74) is 10.2. The van der Waals surface area contributed by atoms with Crippen LogP contribution in [0.4, 0.5) is 0 Å². The zero-order valence-electron chi connectivity index (χ0n) is 16.2. The molecule has 0 fully saturated rings. The average molecular weight is 361 g/mol. The number of fused-ring (bicyclic) bond motifs is 3. The highest BCUT2D eigenvalue weighted by Gasteiger charge is 2.44. The maximum absolute atomic E-state index is 2.59. The van der Waals surface area contributed by atoms with Gasteiger partial charge in [0, 0.05) is 34.1 Å². The summed E-state index contributed by atoms with van der Waals surface area (Å²) < 4.78 is 2.59. The number of nitrogens with zero attached hydrogens (tertiary/aromatic N) is 1. The molecule has 0 spiro atoms. The minimum absolute atomic E-state index is 0.206. The smallest absolute Gasteiger partial charge is 0.0489 e. The highest BCUT2D eigenvalue weighted by molar-refractivity contribution is 6.09. The Balaban J connectivity index is 1.78. The Hall–Kier alpha value is -3.06. The van der Waals surface area contributed by atoms with Crippen LogP contribution in [0.2, 0.25) is 0 Å². The summed E-state index contributed by atoms with van der Waals surface area (Å²) in [7, 11) is 0. The first-order valence-corrected chi connectivity index (χ1v) is 10.2. The molecule has 1 unspecified atom stereocenters. The van der Waals surface area contributed by atoms with Crippen LogP contribution in [0.1, 0.15) is 42.1 Å². The SMILES string of the molecule is CC12CCn3c1c(c1ccccc13)C(c1ccccc1)=C(c1ccccc1)C2. The van der Waals surface area contributed by atoms with Gasteiger partial charge in [0.2, 0.25) is 0 Å². The van der Waals surface area contributed by atoms with Gasteiger partial charge in [-0.15, -0.1) is 0 Å². The lowest BCUT2D eigenvalue weighted by Crippen LogP contribution is -2.24. The molecule has 6 rings (SSSR count). The first-order valence-electron chi connectivity index (χ1n) is 10.2. The van der Waals surface area contributed by atoms with Crippen LogP contribution in [0.15, 0.2) is 84.9 Å². The van der Waals surface area contributed by atoms with Crippen molar-refractivity contribution in [3.8, 4) is 0 Å². The maximum Gasteiger partial charge on any atom is 0.0489 e. The number of para-hydroxylation sites is 1. The number of benzene rings is 3. The molecule has 0 bridgehead atoms. The van der Waals surface area contributed by atoms with Gasteiger partial charge >= 0.3 is 0 Å². The minimum Gasteiger partial charge on any atom is -0.343 e. The lowest BCUT2D eigenvalue weighted by atomic mass is 9.68. The summed E-state index contributed by atoms with van der Waals surface area (Å²) in [5.74, 6) is 0. The van der Waals surface area contributed by atoms with Gasteiger partial charge in [-0.3, -0.25) is 0 Å². The van der Waals surface area contributed by atoms with Gasteiger partial charge in [0.05, 0.1) is 0 Å². The quantitative estimate of drug-likeness (QED) is 0.376. The van der Waals surface area contributed by atoms with E-state index in [9.17, 15) is 0 Å². The van der Waals surface area contributed by atoms with Crippen LogP contribution >= 0.6 is 0 Å². The Labute approximate surface area is 165 Å². The zero-order chi connectivity index (χ0) is 18.7. The van der Waals surface area contributed by atoms with E-state index in [2.05, 4.69) is 96.4 Å². The van der Waals surface area contributed by atoms with Gasteiger partial charge in [-0.05, 0) is 41.2 Å². The summed E-state index contributed by atoms with van der Waals surface area (Å²) in [6.45, 7) is 3.59. The molecule has 0 amide bonds. The number of aromatic nitrogens is 1. The molecule has 4 aromatic rings. The van der Waals surface area contributed by atoms with E-state index in [1.54, 1.807) is 5.69 Å². The van der Waals surface area contributed by atoms with E-state index < -0.39 is 0 Å². The molecular weight excluding hydrogens is 338 g/mol. The lowest BCUT2D eigenvalue weighted by molar-refractivity contribution is 0.478. The number of allylic oxidation sites excluding steroid dienone is 1. The van der Waals surface area contributed by atoms with Gasteiger partial charge in [0.15, 0.2) is 0 Å². The van der Waals surface area contributed by atoms with Crippen molar-refractivity contribution in [2.45, 2.75) is 31.7 Å². The molecule has 1 heteroatoms. The second-order valence-corrected chi connectivity index (χ2v) is 8.47. The van der Waals surface area contributed by atoms with Crippen LogP contribution < -0.4 is 0 Å². The largest absolute Gasteiger partial charge is 0.343 e. The van der Waals surface area contributed by atoms with Crippen molar-refractivity contribution in [2.75, 3.05) is 0 Å². The van der Waals surface area contributed by atoms with Gasteiger partial charge in [-0.25, -0.2) is 0 Å². The van der Waals surface area contributed by atoms with Crippen molar-refractivity contribution >= 4 is 22.0 Å². The fourth-order valence-electron chi connectivity index (χ4n) is 5.50. The van der Waals surface area contributed by atoms with E-state index in [4.69, 9.17) is 0 Å². The van der Waals surface area contributed by atoms with Crippen LogP contribution in [0.25, 0.3) is 22.0 Å². The molecule has 1 atom stereocenters. The third-order valence-corrected chi connectivity index (χ3v) is 6.73. The minimum atomic E-state index is 0.206. The molecule has 0 saturated carbocycles. The predicted molar refractivity (Wildman–Crippen MR) is 117 cm³/mol. The second kappa shape index (κ2) is 5.72. The molecular formula is C27H23N. The summed E-state index contributed by atoms with van der Waals surface area (Å²) >= 11 is 0. The number of rotatable bonds is 2. The predicted octanol–water partition coefficient (Wildman–Crippen LogP) is 6.67. The van der Waals surface area contributed by atoms with Crippen LogP contribution in [-0.4, -0.2) is 4.57 Å². The van der Waals surface area contributed by atoms with E-state index in [-0.39, 0.29) is 5.41 Å². The van der Waals surface area contributed by atoms with E-state index in [0.717, 1.165) is 13.0 Å². The number of hydrogen-bond acceptors (Lipinski definition) is 0. The Kier molecular flexibility index (Phi) is 3.26. The molecule has 1 nitrogen and oxygen atoms in total. The average Bonchev–Trinajstić information content (AvgIpc) is 3.28. The van der Waals surface area contributed by atoms with Crippen LogP contribution in [-0.2, 0) is 12.0 Å². The Morgan fingerprint density at radius 3 is 2.14 bits per heavy atom. The Bertz CT molecular complexity index is 1230. The third kappa shape index (κ3) is 2.08. The molecule has 0 N–H and O–H groups in total. The maximum atomic E-state index is 2.59. The van der Waals surface area contributed by atoms with E-state index in [1.165, 1.54) is 45.2 Å². The van der Waals surface area contributed by atoms with Gasteiger partial charge in [0.1, 0.15) is 0 Å². The van der Waals surface area contributed by atoms with E-state index in [1.807, 2.05) is 0 Å². The molecule has 0 radical (unpaired) electrons. The number of hydrogen-bond donors (Lipinski definition) is 0. The first kappa shape index (κ1) is 15.9. The fourth-order valence-corrected chi connectivity index (χ4v) is 5.50. The van der Waals surface area contributed by atoms with Crippen molar-refractivity contribution in [3.05, 3.63) is 107 Å². The summed E-state index contributed by atoms with van der Waals surface area (Å²) in [5, 5.41) is 1.40. The molecule has 3 aromatic carbocycles. The van der Waals surface area contributed by atoms with Crippen LogP contribution in [0.3, 0.4) is 0 Å². The van der Waals surface area contributed by atoms with E-state index in [0.29, 0.717) is 0 Å². The van der Waals surface area contributed by atoms with Crippen molar-refractivity contribution in [1.29, 1.82) is 0 Å². The summed E-state index contributed by atoms with van der Waals surface area (Å²) in [6.07, 6.45) is 2.32. The van der Waals surface area contributed by atoms with Gasteiger partial charge in [-0.1, -0.05) is 85.8 Å².